The molecule has 6 nitrogen and oxygen atoms in total. The summed E-state index contributed by atoms with van der Waals surface area (Å²) >= 11 is 0. The van der Waals surface area contributed by atoms with Crippen LogP contribution in [0.2, 0.25) is 0 Å². The van der Waals surface area contributed by atoms with Gasteiger partial charge in [0.15, 0.2) is 0 Å². The van der Waals surface area contributed by atoms with Gasteiger partial charge in [-0.15, -0.1) is 0 Å². The standard InChI is InChI=1S/C64H34N4O2/c65-35-51-52(36-66)56(68-54-26-22-40(32-50(54)64-44-12-4-2-10-38(44)20-28-58(64)68)42-18-24-48-46-14-6-8-16-60(46)70-62(48)34-42)30-29-55(51)67-53-25-21-39(31-49(53)63-43-11-3-1-9-37(43)19-27-57(63)67)41-17-23-47-45-13-5-7-15-59(45)69-61(47)33-41/h1-34H. The lowest BCUT2D eigenvalue weighted by Gasteiger charge is -2.16. The molecular weight excluding hydrogens is 857 g/mol. The van der Waals surface area contributed by atoms with Crippen LogP contribution in [0, 0.1) is 22.7 Å². The van der Waals surface area contributed by atoms with Crippen LogP contribution in [0.5, 0.6) is 0 Å². The quantitative estimate of drug-likeness (QED) is 0.176. The second kappa shape index (κ2) is 14.3. The van der Waals surface area contributed by atoms with Gasteiger partial charge >= 0.3 is 0 Å². The first-order valence-electron chi connectivity index (χ1n) is 23.3. The number of rotatable bonds is 4. The summed E-state index contributed by atoms with van der Waals surface area (Å²) in [7, 11) is 0. The molecule has 4 aromatic heterocycles. The Bertz CT molecular complexity index is 4560. The molecule has 0 saturated carbocycles. The minimum absolute atomic E-state index is 0.304. The van der Waals surface area contributed by atoms with E-state index in [0.717, 1.165) is 131 Å². The van der Waals surface area contributed by atoms with E-state index in [-0.39, 0.29) is 0 Å². The highest BCUT2D eigenvalue weighted by Gasteiger charge is 2.25. The molecule has 0 aliphatic rings. The molecule has 0 N–H and O–H groups in total. The maximum absolute atomic E-state index is 11.3. The third-order valence-corrected chi connectivity index (χ3v) is 14.6. The fourth-order valence-corrected chi connectivity index (χ4v) is 11.4. The molecule has 0 amide bonds. The van der Waals surface area contributed by atoms with E-state index in [2.05, 4.69) is 179 Å². The van der Waals surface area contributed by atoms with Gasteiger partial charge in [-0.1, -0.05) is 121 Å². The van der Waals surface area contributed by atoms with Gasteiger partial charge in [-0.2, -0.15) is 10.5 Å². The van der Waals surface area contributed by atoms with Gasteiger partial charge in [-0.25, -0.2) is 0 Å². The van der Waals surface area contributed by atoms with Crippen molar-refractivity contribution < 1.29 is 8.83 Å². The van der Waals surface area contributed by atoms with Crippen LogP contribution in [0.25, 0.3) is 143 Å². The number of hydrogen-bond donors (Lipinski definition) is 0. The number of fused-ring (bicyclic) bond motifs is 16. The molecule has 0 saturated heterocycles. The van der Waals surface area contributed by atoms with Gasteiger partial charge in [0.2, 0.25) is 0 Å². The molecule has 0 bridgehead atoms. The molecule has 0 aliphatic carbocycles. The van der Waals surface area contributed by atoms with Crippen LogP contribution in [-0.4, -0.2) is 9.13 Å². The second-order valence-corrected chi connectivity index (χ2v) is 18.2. The van der Waals surface area contributed by atoms with Gasteiger partial charge < -0.3 is 18.0 Å². The fraction of sp³-hybridized carbons (Fsp3) is 0. The number of hydrogen-bond acceptors (Lipinski definition) is 4. The number of nitriles is 2. The molecular formula is C64H34N4O2. The van der Waals surface area contributed by atoms with Gasteiger partial charge in [0.05, 0.1) is 44.6 Å². The maximum Gasteiger partial charge on any atom is 0.136 e. The van der Waals surface area contributed by atoms with Crippen LogP contribution >= 0.6 is 0 Å². The molecule has 0 atom stereocenters. The number of aromatic nitrogens is 2. The molecule has 0 fully saturated rings. The predicted octanol–water partition coefficient (Wildman–Crippen LogP) is 17.1. The third-order valence-electron chi connectivity index (χ3n) is 14.6. The molecule has 0 spiro atoms. The van der Waals surface area contributed by atoms with E-state index in [1.165, 1.54) is 0 Å². The Labute approximate surface area is 398 Å². The minimum atomic E-state index is 0.304. The van der Waals surface area contributed by atoms with E-state index in [1.54, 1.807) is 0 Å². The molecule has 15 aromatic rings. The number of para-hydroxylation sites is 2. The summed E-state index contributed by atoms with van der Waals surface area (Å²) < 4.78 is 17.0. The molecule has 6 heteroatoms. The lowest BCUT2D eigenvalue weighted by molar-refractivity contribution is 0.668. The highest BCUT2D eigenvalue weighted by atomic mass is 16.3. The second-order valence-electron chi connectivity index (χ2n) is 18.2. The van der Waals surface area contributed by atoms with Crippen LogP contribution in [0.3, 0.4) is 0 Å². The molecule has 0 unspecified atom stereocenters. The number of furan rings is 2. The Balaban J connectivity index is 0.944. The zero-order chi connectivity index (χ0) is 46.2. The normalized spacial score (nSPS) is 12.0. The Morgan fingerprint density at radius 2 is 0.671 bits per heavy atom. The number of nitrogens with zero attached hydrogens (tertiary/aromatic N) is 4. The minimum Gasteiger partial charge on any atom is -0.456 e. The summed E-state index contributed by atoms with van der Waals surface area (Å²) in [5, 5.41) is 35.7. The summed E-state index contributed by atoms with van der Waals surface area (Å²) in [5.74, 6) is 0. The Hall–Kier alpha value is -9.88. The average molecular weight is 891 g/mol. The van der Waals surface area contributed by atoms with Gasteiger partial charge in [-0.05, 0) is 129 Å². The van der Waals surface area contributed by atoms with E-state index in [1.807, 2.05) is 48.5 Å². The SMILES string of the molecule is N#Cc1c(-n2c3ccc(-c4ccc5c(c4)oc4ccccc45)cc3c3c4ccccc4ccc32)ccc(-n2c3ccc(-c4ccc5c(c4)oc4ccccc45)cc3c3c4ccccc4ccc32)c1C#N. The first kappa shape index (κ1) is 38.2. The van der Waals surface area contributed by atoms with Crippen molar-refractivity contribution in [2.75, 3.05) is 0 Å². The maximum atomic E-state index is 11.3. The fourth-order valence-electron chi connectivity index (χ4n) is 11.4. The molecule has 0 radical (unpaired) electrons. The summed E-state index contributed by atoms with van der Waals surface area (Å²) in [4.78, 5) is 0. The molecule has 11 aromatic carbocycles. The largest absolute Gasteiger partial charge is 0.456 e. The molecule has 0 aliphatic heterocycles. The van der Waals surface area contributed by atoms with Crippen LogP contribution in [-0.2, 0) is 0 Å². The van der Waals surface area contributed by atoms with Crippen molar-refractivity contribution in [2.45, 2.75) is 0 Å². The highest BCUT2D eigenvalue weighted by Crippen LogP contribution is 2.44. The summed E-state index contributed by atoms with van der Waals surface area (Å²) in [6.45, 7) is 0. The van der Waals surface area contributed by atoms with Crippen LogP contribution in [0.15, 0.2) is 215 Å². The summed E-state index contributed by atoms with van der Waals surface area (Å²) in [6, 6.07) is 76.8. The van der Waals surface area contributed by atoms with Crippen molar-refractivity contribution in [3.63, 3.8) is 0 Å². The molecule has 15 rings (SSSR count). The van der Waals surface area contributed by atoms with Crippen LogP contribution in [0.4, 0.5) is 0 Å². The Morgan fingerprint density at radius 3 is 1.13 bits per heavy atom. The molecule has 322 valence electrons. The third kappa shape index (κ3) is 5.30. The lowest BCUT2D eigenvalue weighted by Crippen LogP contribution is -2.05. The summed E-state index contributed by atoms with van der Waals surface area (Å²) in [6.07, 6.45) is 0. The average Bonchev–Trinajstić information content (AvgIpc) is 4.17. The van der Waals surface area contributed by atoms with Crippen molar-refractivity contribution in [3.8, 4) is 45.8 Å². The van der Waals surface area contributed by atoms with Crippen LogP contribution in [0.1, 0.15) is 11.1 Å². The smallest absolute Gasteiger partial charge is 0.136 e. The Kier molecular flexibility index (Phi) is 7.82. The van der Waals surface area contributed by atoms with E-state index in [4.69, 9.17) is 8.83 Å². The van der Waals surface area contributed by atoms with E-state index >= 15 is 0 Å². The molecule has 70 heavy (non-hydrogen) atoms. The van der Waals surface area contributed by atoms with E-state index in [0.29, 0.717) is 22.5 Å². The molecule has 4 heterocycles. The van der Waals surface area contributed by atoms with Crippen molar-refractivity contribution >= 4 is 109 Å². The highest BCUT2D eigenvalue weighted by molar-refractivity contribution is 6.23. The van der Waals surface area contributed by atoms with Crippen molar-refractivity contribution in [2.24, 2.45) is 0 Å². The van der Waals surface area contributed by atoms with Crippen LogP contribution < -0.4 is 0 Å². The number of benzene rings is 11. The summed E-state index contributed by atoms with van der Waals surface area (Å²) in [5.41, 5.74) is 13.3. The van der Waals surface area contributed by atoms with Crippen molar-refractivity contribution in [1.29, 1.82) is 10.5 Å². The first-order chi connectivity index (χ1) is 34.6. The monoisotopic (exact) mass is 890 g/mol. The lowest BCUT2D eigenvalue weighted by atomic mass is 9.99. The van der Waals surface area contributed by atoms with Gasteiger partial charge in [0.1, 0.15) is 34.5 Å². The predicted molar refractivity (Wildman–Crippen MR) is 285 cm³/mol. The van der Waals surface area contributed by atoms with Gasteiger partial charge in [0.25, 0.3) is 0 Å². The topological polar surface area (TPSA) is 83.7 Å². The van der Waals surface area contributed by atoms with E-state index in [9.17, 15) is 10.5 Å². The van der Waals surface area contributed by atoms with Crippen molar-refractivity contribution in [1.82, 2.24) is 9.13 Å². The van der Waals surface area contributed by atoms with Crippen molar-refractivity contribution in [3.05, 3.63) is 217 Å². The van der Waals surface area contributed by atoms with Gasteiger partial charge in [0, 0.05) is 43.1 Å². The zero-order valence-electron chi connectivity index (χ0n) is 37.2. The Morgan fingerprint density at radius 1 is 0.300 bits per heavy atom. The van der Waals surface area contributed by atoms with E-state index < -0.39 is 0 Å². The zero-order valence-corrected chi connectivity index (χ0v) is 37.2. The van der Waals surface area contributed by atoms with Gasteiger partial charge in [-0.3, -0.25) is 0 Å². The first-order valence-corrected chi connectivity index (χ1v) is 23.3.